The maximum atomic E-state index is 12.5. The number of carbonyl (C=O) groups is 1. The van der Waals surface area contributed by atoms with Gasteiger partial charge in [-0.2, -0.15) is 5.26 Å². The molecular weight excluding hydrogens is 362 g/mol. The Kier molecular flexibility index (Phi) is 5.12. The molecule has 1 atom stereocenters. The predicted molar refractivity (Wildman–Crippen MR) is 107 cm³/mol. The molecule has 0 unspecified atom stereocenters. The summed E-state index contributed by atoms with van der Waals surface area (Å²) in [5, 5.41) is 15.5. The van der Waals surface area contributed by atoms with Crippen LogP contribution in [-0.2, 0) is 24.1 Å². The van der Waals surface area contributed by atoms with E-state index in [1.54, 1.807) is 11.3 Å². The quantitative estimate of drug-likeness (QED) is 0.842. The van der Waals surface area contributed by atoms with Gasteiger partial charge < -0.3 is 5.32 Å². The van der Waals surface area contributed by atoms with E-state index in [1.165, 1.54) is 27.3 Å². The van der Waals surface area contributed by atoms with E-state index >= 15 is 0 Å². The fourth-order valence-electron chi connectivity index (χ4n) is 4.07. The summed E-state index contributed by atoms with van der Waals surface area (Å²) in [7, 11) is 0. The highest BCUT2D eigenvalue weighted by molar-refractivity contribution is 7.16. The Labute approximate surface area is 162 Å². The van der Waals surface area contributed by atoms with Gasteiger partial charge in [-0.05, 0) is 61.6 Å². The summed E-state index contributed by atoms with van der Waals surface area (Å²) >= 11 is 3.44. The Morgan fingerprint density at radius 3 is 3.04 bits per heavy atom. The Morgan fingerprint density at radius 1 is 1.35 bits per heavy atom. The summed E-state index contributed by atoms with van der Waals surface area (Å²) in [6.07, 6.45) is 5.89. The molecule has 0 bridgehead atoms. The molecule has 2 aromatic heterocycles. The zero-order valence-electron chi connectivity index (χ0n) is 15.0. The van der Waals surface area contributed by atoms with Crippen LogP contribution in [0.15, 0.2) is 11.4 Å². The summed E-state index contributed by atoms with van der Waals surface area (Å²) in [6, 6.07) is 4.91. The van der Waals surface area contributed by atoms with E-state index in [1.807, 2.05) is 11.3 Å². The van der Waals surface area contributed by atoms with Gasteiger partial charge in [0.05, 0.1) is 5.56 Å². The second-order valence-electron chi connectivity index (χ2n) is 7.09. The Balaban J connectivity index is 1.38. The van der Waals surface area contributed by atoms with Crippen molar-refractivity contribution in [1.82, 2.24) is 4.90 Å². The molecule has 1 aliphatic heterocycles. The molecule has 3 heterocycles. The monoisotopic (exact) mass is 385 g/mol. The van der Waals surface area contributed by atoms with Crippen molar-refractivity contribution >= 4 is 33.6 Å². The molecule has 136 valence electrons. The molecule has 0 saturated heterocycles. The second kappa shape index (κ2) is 7.51. The summed E-state index contributed by atoms with van der Waals surface area (Å²) in [4.78, 5) is 17.7. The number of hydrogen-bond donors (Lipinski definition) is 1. The lowest BCUT2D eigenvalue weighted by molar-refractivity contribution is -0.116. The SMILES string of the molecule is C[C@H]1c2ccsc2CCN1CCC(=O)Nc1sc2c(c1C#N)CCCC2. The van der Waals surface area contributed by atoms with E-state index in [0.717, 1.165) is 43.8 Å². The van der Waals surface area contributed by atoms with Crippen LogP contribution < -0.4 is 5.32 Å². The summed E-state index contributed by atoms with van der Waals surface area (Å²) in [5.41, 5.74) is 3.29. The maximum Gasteiger partial charge on any atom is 0.226 e. The zero-order chi connectivity index (χ0) is 18.1. The van der Waals surface area contributed by atoms with Crippen LogP contribution in [0.2, 0.25) is 0 Å². The second-order valence-corrected chi connectivity index (χ2v) is 9.19. The summed E-state index contributed by atoms with van der Waals surface area (Å²) in [5.74, 6) is 0.0170. The lowest BCUT2D eigenvalue weighted by atomic mass is 9.96. The summed E-state index contributed by atoms with van der Waals surface area (Å²) in [6.45, 7) is 4.00. The average molecular weight is 386 g/mol. The highest BCUT2D eigenvalue weighted by Gasteiger charge is 2.25. The van der Waals surface area contributed by atoms with Crippen LogP contribution in [-0.4, -0.2) is 23.9 Å². The molecule has 0 radical (unpaired) electrons. The van der Waals surface area contributed by atoms with Crippen molar-refractivity contribution in [2.45, 2.75) is 51.5 Å². The molecule has 1 amide bonds. The van der Waals surface area contributed by atoms with Crippen LogP contribution >= 0.6 is 22.7 Å². The Bertz CT molecular complexity index is 861. The third-order valence-corrected chi connectivity index (χ3v) is 7.77. The number of anilines is 1. The first-order valence-electron chi connectivity index (χ1n) is 9.32. The summed E-state index contributed by atoms with van der Waals surface area (Å²) < 4.78 is 0. The van der Waals surface area contributed by atoms with E-state index < -0.39 is 0 Å². The number of nitriles is 1. The number of amides is 1. The van der Waals surface area contributed by atoms with Crippen LogP contribution in [0.1, 0.15) is 58.7 Å². The van der Waals surface area contributed by atoms with Crippen molar-refractivity contribution in [3.63, 3.8) is 0 Å². The average Bonchev–Trinajstić information content (AvgIpc) is 3.25. The Morgan fingerprint density at radius 2 is 2.19 bits per heavy atom. The van der Waals surface area contributed by atoms with Gasteiger partial charge in [0.15, 0.2) is 0 Å². The minimum Gasteiger partial charge on any atom is -0.317 e. The number of fused-ring (bicyclic) bond motifs is 2. The molecule has 4 rings (SSSR count). The lowest BCUT2D eigenvalue weighted by Gasteiger charge is -2.33. The topological polar surface area (TPSA) is 56.1 Å². The molecule has 0 aromatic carbocycles. The fourth-order valence-corrected chi connectivity index (χ4v) is 6.29. The maximum absolute atomic E-state index is 12.5. The fraction of sp³-hybridized carbons (Fsp3) is 0.500. The van der Waals surface area contributed by atoms with Crippen LogP contribution in [0.25, 0.3) is 0 Å². The van der Waals surface area contributed by atoms with Gasteiger partial charge in [0.2, 0.25) is 5.91 Å². The molecule has 4 nitrogen and oxygen atoms in total. The minimum atomic E-state index is 0.0170. The number of aryl methyl sites for hydroxylation is 1. The molecule has 0 saturated carbocycles. The van der Waals surface area contributed by atoms with Crippen molar-refractivity contribution in [1.29, 1.82) is 5.26 Å². The standard InChI is InChI=1S/C20H23N3OS2/c1-13-14-8-11-25-17(14)6-9-23(13)10-7-19(24)22-20-16(12-21)15-4-2-3-5-18(15)26-20/h8,11,13H,2-7,9-10H2,1H3,(H,22,24)/t13-/m0/s1. The number of thiophene rings is 2. The van der Waals surface area contributed by atoms with Gasteiger partial charge in [0.1, 0.15) is 11.1 Å². The third-order valence-electron chi connectivity index (χ3n) is 5.57. The number of hydrogen-bond acceptors (Lipinski definition) is 5. The first-order valence-corrected chi connectivity index (χ1v) is 11.0. The minimum absolute atomic E-state index is 0.0170. The van der Waals surface area contributed by atoms with Crippen molar-refractivity contribution < 1.29 is 4.79 Å². The number of nitrogens with one attached hydrogen (secondary N) is 1. The number of carbonyl (C=O) groups excluding carboxylic acids is 1. The van der Waals surface area contributed by atoms with Gasteiger partial charge in [-0.25, -0.2) is 0 Å². The largest absolute Gasteiger partial charge is 0.317 e. The van der Waals surface area contributed by atoms with E-state index in [9.17, 15) is 10.1 Å². The van der Waals surface area contributed by atoms with Crippen LogP contribution in [0, 0.1) is 11.3 Å². The predicted octanol–water partition coefficient (Wildman–Crippen LogP) is 4.51. The van der Waals surface area contributed by atoms with Crippen LogP contribution in [0.5, 0.6) is 0 Å². The zero-order valence-corrected chi connectivity index (χ0v) is 16.6. The molecule has 2 aromatic rings. The Hall–Kier alpha value is -1.68. The van der Waals surface area contributed by atoms with Gasteiger partial charge in [0.25, 0.3) is 0 Å². The molecule has 6 heteroatoms. The van der Waals surface area contributed by atoms with E-state index in [2.05, 4.69) is 34.7 Å². The van der Waals surface area contributed by atoms with Gasteiger partial charge in [-0.3, -0.25) is 9.69 Å². The number of nitrogens with zero attached hydrogens (tertiary/aromatic N) is 2. The van der Waals surface area contributed by atoms with E-state index in [4.69, 9.17) is 0 Å². The molecule has 26 heavy (non-hydrogen) atoms. The van der Waals surface area contributed by atoms with Crippen LogP contribution in [0.3, 0.4) is 0 Å². The first kappa shape index (κ1) is 17.7. The normalized spacial score (nSPS) is 19.5. The van der Waals surface area contributed by atoms with Crippen LogP contribution in [0.4, 0.5) is 5.00 Å². The molecule has 2 aliphatic rings. The highest BCUT2D eigenvalue weighted by atomic mass is 32.1. The van der Waals surface area contributed by atoms with Crippen molar-refractivity contribution in [3.05, 3.63) is 37.9 Å². The van der Waals surface area contributed by atoms with E-state index in [-0.39, 0.29) is 5.91 Å². The van der Waals surface area contributed by atoms with Gasteiger partial charge >= 0.3 is 0 Å². The molecule has 1 N–H and O–H groups in total. The van der Waals surface area contributed by atoms with Crippen molar-refractivity contribution in [3.8, 4) is 6.07 Å². The van der Waals surface area contributed by atoms with Crippen molar-refractivity contribution in [2.24, 2.45) is 0 Å². The molecule has 0 spiro atoms. The van der Waals surface area contributed by atoms with Crippen molar-refractivity contribution in [2.75, 3.05) is 18.4 Å². The highest BCUT2D eigenvalue weighted by Crippen LogP contribution is 2.38. The van der Waals surface area contributed by atoms with Gasteiger partial charge in [-0.15, -0.1) is 22.7 Å². The van der Waals surface area contributed by atoms with Gasteiger partial charge in [0, 0.05) is 35.3 Å². The number of rotatable bonds is 4. The first-order chi connectivity index (χ1) is 12.7. The third kappa shape index (κ3) is 3.32. The van der Waals surface area contributed by atoms with Gasteiger partial charge in [-0.1, -0.05) is 0 Å². The lowest BCUT2D eigenvalue weighted by Crippen LogP contribution is -2.35. The smallest absolute Gasteiger partial charge is 0.226 e. The van der Waals surface area contributed by atoms with E-state index in [0.29, 0.717) is 18.0 Å². The molecular formula is C20H23N3OS2. The molecule has 1 aliphatic carbocycles. The molecule has 0 fully saturated rings.